The lowest BCUT2D eigenvalue weighted by atomic mass is 10.2. The van der Waals surface area contributed by atoms with Gasteiger partial charge in [0.15, 0.2) is 11.5 Å². The smallest absolute Gasteiger partial charge is 0.251 e. The Morgan fingerprint density at radius 3 is 2.67 bits per heavy atom. The number of carbonyl (C=O) groups excluding carboxylic acids is 1. The van der Waals surface area contributed by atoms with Gasteiger partial charge >= 0.3 is 0 Å². The van der Waals surface area contributed by atoms with Crippen LogP contribution >= 0.6 is 23.2 Å². The maximum Gasteiger partial charge on any atom is 0.251 e. The minimum Gasteiger partial charge on any atom is -0.504 e. The highest BCUT2D eigenvalue weighted by Crippen LogP contribution is 2.29. The molecule has 0 saturated carbocycles. The van der Waals surface area contributed by atoms with E-state index < -0.39 is 0 Å². The number of ether oxygens (including phenoxy) is 1. The van der Waals surface area contributed by atoms with Gasteiger partial charge in [-0.2, -0.15) is 0 Å². The van der Waals surface area contributed by atoms with Crippen LogP contribution in [-0.4, -0.2) is 18.1 Å². The first-order chi connectivity index (χ1) is 10.0. The fourth-order valence-corrected chi connectivity index (χ4v) is 2.17. The van der Waals surface area contributed by atoms with Crippen molar-refractivity contribution in [3.05, 3.63) is 57.6 Å². The molecule has 6 heteroatoms. The van der Waals surface area contributed by atoms with Crippen LogP contribution in [0, 0.1) is 0 Å². The molecule has 0 fully saturated rings. The van der Waals surface area contributed by atoms with Gasteiger partial charge in [0.1, 0.15) is 6.61 Å². The zero-order valence-corrected chi connectivity index (χ0v) is 12.7. The van der Waals surface area contributed by atoms with Gasteiger partial charge in [0.05, 0.1) is 0 Å². The lowest BCUT2D eigenvalue weighted by Crippen LogP contribution is -2.17. The first-order valence-electron chi connectivity index (χ1n) is 6.13. The zero-order valence-electron chi connectivity index (χ0n) is 11.2. The van der Waals surface area contributed by atoms with Crippen molar-refractivity contribution >= 4 is 29.1 Å². The molecule has 0 atom stereocenters. The summed E-state index contributed by atoms with van der Waals surface area (Å²) in [6, 6.07) is 9.44. The Hall–Kier alpha value is -1.91. The largest absolute Gasteiger partial charge is 0.504 e. The second kappa shape index (κ2) is 6.70. The molecule has 1 amide bonds. The summed E-state index contributed by atoms with van der Waals surface area (Å²) >= 11 is 11.9. The van der Waals surface area contributed by atoms with Crippen molar-refractivity contribution in [3.63, 3.8) is 0 Å². The number of phenols is 1. The van der Waals surface area contributed by atoms with Crippen molar-refractivity contribution in [1.82, 2.24) is 5.32 Å². The summed E-state index contributed by atoms with van der Waals surface area (Å²) in [5.41, 5.74) is 1.12. The quantitative estimate of drug-likeness (QED) is 0.902. The van der Waals surface area contributed by atoms with E-state index in [0.29, 0.717) is 15.6 Å². The molecule has 0 aliphatic carbocycles. The van der Waals surface area contributed by atoms with Crippen molar-refractivity contribution in [3.8, 4) is 11.5 Å². The summed E-state index contributed by atoms with van der Waals surface area (Å²) in [6.07, 6.45) is 0. The molecule has 2 rings (SSSR count). The summed E-state index contributed by atoms with van der Waals surface area (Å²) in [5, 5.41) is 13.3. The van der Waals surface area contributed by atoms with E-state index in [1.165, 1.54) is 25.2 Å². The fraction of sp³-hybridized carbons (Fsp3) is 0.133. The van der Waals surface area contributed by atoms with E-state index in [1.807, 2.05) is 0 Å². The predicted molar refractivity (Wildman–Crippen MR) is 82.3 cm³/mol. The van der Waals surface area contributed by atoms with Crippen LogP contribution in [0.15, 0.2) is 36.4 Å². The lowest BCUT2D eigenvalue weighted by Gasteiger charge is -2.11. The Kier molecular flexibility index (Phi) is 4.94. The summed E-state index contributed by atoms with van der Waals surface area (Å²) in [6.45, 7) is 0.154. The standard InChI is InChI=1S/C15H13Cl2NO3/c1-18-15(20)9-3-5-13(19)14(6-9)21-8-10-2-4-11(16)7-12(10)17/h2-7,19H,8H2,1H3,(H,18,20). The van der Waals surface area contributed by atoms with E-state index in [0.717, 1.165) is 5.56 Å². The van der Waals surface area contributed by atoms with E-state index in [4.69, 9.17) is 27.9 Å². The molecule has 0 heterocycles. The van der Waals surface area contributed by atoms with Crippen LogP contribution in [0.5, 0.6) is 11.5 Å². The van der Waals surface area contributed by atoms with Crippen molar-refractivity contribution in [1.29, 1.82) is 0 Å². The maximum absolute atomic E-state index is 11.6. The zero-order chi connectivity index (χ0) is 15.4. The van der Waals surface area contributed by atoms with E-state index in [1.54, 1.807) is 18.2 Å². The number of carbonyl (C=O) groups is 1. The van der Waals surface area contributed by atoms with Gasteiger partial charge in [-0.3, -0.25) is 4.79 Å². The number of amides is 1. The van der Waals surface area contributed by atoms with Crippen LogP contribution in [0.4, 0.5) is 0 Å². The van der Waals surface area contributed by atoms with Crippen LogP contribution in [-0.2, 0) is 6.61 Å². The first-order valence-corrected chi connectivity index (χ1v) is 6.88. The molecular weight excluding hydrogens is 313 g/mol. The number of phenolic OH excluding ortho intramolecular Hbond substituents is 1. The Balaban J connectivity index is 2.17. The number of nitrogens with one attached hydrogen (secondary N) is 1. The minimum atomic E-state index is -0.260. The molecule has 0 saturated heterocycles. The third-order valence-corrected chi connectivity index (χ3v) is 3.43. The number of aromatic hydroxyl groups is 1. The molecule has 0 aliphatic rings. The second-order valence-corrected chi connectivity index (χ2v) is 5.13. The van der Waals surface area contributed by atoms with Crippen LogP contribution in [0.1, 0.15) is 15.9 Å². The third-order valence-electron chi connectivity index (χ3n) is 2.85. The summed E-state index contributed by atoms with van der Waals surface area (Å²) in [5.74, 6) is -0.0979. The minimum absolute atomic E-state index is 0.0484. The van der Waals surface area contributed by atoms with Gasteiger partial charge < -0.3 is 15.2 Å². The number of hydrogen-bond donors (Lipinski definition) is 2. The van der Waals surface area contributed by atoms with Gasteiger partial charge in [-0.15, -0.1) is 0 Å². The molecule has 2 aromatic rings. The maximum atomic E-state index is 11.6. The summed E-state index contributed by atoms with van der Waals surface area (Å²) in [4.78, 5) is 11.6. The number of halogens is 2. The van der Waals surface area contributed by atoms with Gasteiger partial charge in [-0.25, -0.2) is 0 Å². The summed E-state index contributed by atoms with van der Waals surface area (Å²) in [7, 11) is 1.53. The molecule has 2 aromatic carbocycles. The van der Waals surface area contributed by atoms with Gasteiger partial charge in [-0.05, 0) is 30.3 Å². The highest BCUT2D eigenvalue weighted by molar-refractivity contribution is 6.35. The van der Waals surface area contributed by atoms with E-state index in [9.17, 15) is 9.90 Å². The van der Waals surface area contributed by atoms with Crippen LogP contribution in [0.3, 0.4) is 0 Å². The van der Waals surface area contributed by atoms with Crippen molar-refractivity contribution in [2.24, 2.45) is 0 Å². The van der Waals surface area contributed by atoms with Crippen LogP contribution in [0.25, 0.3) is 0 Å². The Morgan fingerprint density at radius 1 is 1.24 bits per heavy atom. The molecule has 21 heavy (non-hydrogen) atoms. The molecule has 4 nitrogen and oxygen atoms in total. The Morgan fingerprint density at radius 2 is 2.00 bits per heavy atom. The first kappa shape index (κ1) is 15.5. The second-order valence-electron chi connectivity index (χ2n) is 4.29. The van der Waals surface area contributed by atoms with Gasteiger partial charge in [0.2, 0.25) is 0 Å². The molecule has 0 spiro atoms. The van der Waals surface area contributed by atoms with Gasteiger partial charge in [-0.1, -0.05) is 29.3 Å². The third kappa shape index (κ3) is 3.80. The van der Waals surface area contributed by atoms with Crippen molar-refractivity contribution in [2.45, 2.75) is 6.61 Å². The highest BCUT2D eigenvalue weighted by atomic mass is 35.5. The van der Waals surface area contributed by atoms with Crippen molar-refractivity contribution < 1.29 is 14.6 Å². The number of benzene rings is 2. The van der Waals surface area contributed by atoms with Crippen molar-refractivity contribution in [2.75, 3.05) is 7.05 Å². The number of hydrogen-bond acceptors (Lipinski definition) is 3. The molecule has 2 N–H and O–H groups in total. The van der Waals surface area contributed by atoms with E-state index in [-0.39, 0.29) is 24.0 Å². The van der Waals surface area contributed by atoms with Crippen LogP contribution < -0.4 is 10.1 Å². The van der Waals surface area contributed by atoms with Gasteiger partial charge in [0.25, 0.3) is 5.91 Å². The average Bonchev–Trinajstić information content (AvgIpc) is 2.47. The fourth-order valence-electron chi connectivity index (χ4n) is 1.71. The number of rotatable bonds is 4. The molecule has 0 unspecified atom stereocenters. The average molecular weight is 326 g/mol. The highest BCUT2D eigenvalue weighted by Gasteiger charge is 2.10. The molecule has 0 aromatic heterocycles. The molecule has 110 valence electrons. The summed E-state index contributed by atoms with van der Waals surface area (Å²) < 4.78 is 5.52. The molecule has 0 radical (unpaired) electrons. The SMILES string of the molecule is CNC(=O)c1ccc(O)c(OCc2ccc(Cl)cc2Cl)c1. The van der Waals surface area contributed by atoms with Crippen LogP contribution in [0.2, 0.25) is 10.0 Å². The Bertz CT molecular complexity index is 674. The normalized spacial score (nSPS) is 10.2. The van der Waals surface area contributed by atoms with Gasteiger partial charge in [0, 0.05) is 28.2 Å². The molecule has 0 bridgehead atoms. The Labute approximate surface area is 132 Å². The predicted octanol–water partition coefficient (Wildman–Crippen LogP) is 3.64. The topological polar surface area (TPSA) is 58.6 Å². The van der Waals surface area contributed by atoms with E-state index >= 15 is 0 Å². The monoisotopic (exact) mass is 325 g/mol. The van der Waals surface area contributed by atoms with E-state index in [2.05, 4.69) is 5.32 Å². The lowest BCUT2D eigenvalue weighted by molar-refractivity contribution is 0.0962. The molecule has 0 aliphatic heterocycles. The molecular formula is C15H13Cl2NO3.